The first kappa shape index (κ1) is 19.0. The Morgan fingerprint density at radius 3 is 3.04 bits per heavy atom. The van der Waals surface area contributed by atoms with Gasteiger partial charge in [0.15, 0.2) is 0 Å². The minimum atomic E-state index is -0.181. The van der Waals surface area contributed by atoms with E-state index in [1.165, 1.54) is 6.07 Å². The molecule has 0 saturated carbocycles. The lowest BCUT2D eigenvalue weighted by atomic mass is 10.2. The highest BCUT2D eigenvalue weighted by Gasteiger charge is 2.23. The minimum Gasteiger partial charge on any atom is -0.376 e. The number of aryl methyl sites for hydroxylation is 1. The van der Waals surface area contributed by atoms with Crippen LogP contribution in [0.4, 0.5) is 4.79 Å². The highest BCUT2D eigenvalue weighted by Crippen LogP contribution is 2.14. The lowest BCUT2D eigenvalue weighted by Gasteiger charge is -2.25. The van der Waals surface area contributed by atoms with Crippen molar-refractivity contribution < 1.29 is 9.53 Å². The molecule has 1 saturated heterocycles. The molecule has 144 valence electrons. The predicted molar refractivity (Wildman–Crippen MR) is 100 cm³/mol. The SMILES string of the molecule is Cc1cc(=O)[nH]c(CCNC(=O)N(Cc2ccccn2)C[C@H]2CCCO2)n1. The van der Waals surface area contributed by atoms with Crippen LogP contribution < -0.4 is 10.9 Å². The van der Waals surface area contributed by atoms with E-state index in [0.717, 1.165) is 25.1 Å². The molecule has 1 atom stereocenters. The zero-order valence-electron chi connectivity index (χ0n) is 15.5. The maximum Gasteiger partial charge on any atom is 0.317 e. The highest BCUT2D eigenvalue weighted by molar-refractivity contribution is 5.74. The Morgan fingerprint density at radius 1 is 1.44 bits per heavy atom. The number of aromatic amines is 1. The van der Waals surface area contributed by atoms with E-state index in [0.29, 0.717) is 37.6 Å². The fraction of sp³-hybridized carbons (Fsp3) is 0.474. The summed E-state index contributed by atoms with van der Waals surface area (Å²) < 4.78 is 5.68. The number of carbonyl (C=O) groups is 1. The molecule has 8 heteroatoms. The van der Waals surface area contributed by atoms with E-state index in [4.69, 9.17) is 4.74 Å². The first-order valence-corrected chi connectivity index (χ1v) is 9.21. The number of carbonyl (C=O) groups excluding carboxylic acids is 1. The third kappa shape index (κ3) is 5.89. The summed E-state index contributed by atoms with van der Waals surface area (Å²) >= 11 is 0. The van der Waals surface area contributed by atoms with Crippen molar-refractivity contribution in [2.45, 2.75) is 38.8 Å². The van der Waals surface area contributed by atoms with Gasteiger partial charge < -0.3 is 19.9 Å². The quantitative estimate of drug-likeness (QED) is 0.766. The number of amides is 2. The van der Waals surface area contributed by atoms with Gasteiger partial charge in [-0.2, -0.15) is 0 Å². The molecule has 0 radical (unpaired) electrons. The third-order valence-corrected chi connectivity index (χ3v) is 4.37. The average molecular weight is 371 g/mol. The summed E-state index contributed by atoms with van der Waals surface area (Å²) in [4.78, 5) is 37.2. The van der Waals surface area contributed by atoms with Crippen LogP contribution in [0.2, 0.25) is 0 Å². The number of aromatic nitrogens is 3. The summed E-state index contributed by atoms with van der Waals surface area (Å²) in [5.74, 6) is 0.565. The third-order valence-electron chi connectivity index (χ3n) is 4.37. The van der Waals surface area contributed by atoms with Crippen molar-refractivity contribution >= 4 is 6.03 Å². The second-order valence-corrected chi connectivity index (χ2v) is 6.65. The molecule has 2 aromatic heterocycles. The summed E-state index contributed by atoms with van der Waals surface area (Å²) in [6.07, 6.45) is 4.22. The van der Waals surface area contributed by atoms with E-state index in [1.807, 2.05) is 18.2 Å². The molecule has 0 spiro atoms. The maximum atomic E-state index is 12.7. The lowest BCUT2D eigenvalue weighted by Crippen LogP contribution is -2.44. The van der Waals surface area contributed by atoms with Gasteiger partial charge in [0.05, 0.1) is 18.3 Å². The number of nitrogens with one attached hydrogen (secondary N) is 2. The largest absolute Gasteiger partial charge is 0.376 e. The van der Waals surface area contributed by atoms with Gasteiger partial charge >= 0.3 is 6.03 Å². The average Bonchev–Trinajstić information content (AvgIpc) is 3.14. The molecule has 2 aromatic rings. The van der Waals surface area contributed by atoms with E-state index in [1.54, 1.807) is 18.0 Å². The number of hydrogen-bond donors (Lipinski definition) is 2. The number of H-pyrrole nitrogens is 1. The molecule has 0 aromatic carbocycles. The Bertz CT molecular complexity index is 802. The van der Waals surface area contributed by atoms with Crippen molar-refractivity contribution in [1.29, 1.82) is 0 Å². The topological polar surface area (TPSA) is 100 Å². The molecule has 1 fully saturated rings. The van der Waals surface area contributed by atoms with Gasteiger partial charge in [0.25, 0.3) is 5.56 Å². The Morgan fingerprint density at radius 2 is 2.33 bits per heavy atom. The summed E-state index contributed by atoms with van der Waals surface area (Å²) in [7, 11) is 0. The number of hydrogen-bond acceptors (Lipinski definition) is 5. The van der Waals surface area contributed by atoms with Gasteiger partial charge in [-0.05, 0) is 31.9 Å². The number of rotatable bonds is 7. The van der Waals surface area contributed by atoms with Crippen molar-refractivity contribution in [1.82, 2.24) is 25.2 Å². The van der Waals surface area contributed by atoms with Gasteiger partial charge in [-0.25, -0.2) is 9.78 Å². The van der Waals surface area contributed by atoms with Crippen molar-refractivity contribution in [2.75, 3.05) is 19.7 Å². The van der Waals surface area contributed by atoms with Crippen LogP contribution in [0.5, 0.6) is 0 Å². The monoisotopic (exact) mass is 371 g/mol. The first-order valence-electron chi connectivity index (χ1n) is 9.21. The van der Waals surface area contributed by atoms with E-state index in [2.05, 4.69) is 20.3 Å². The lowest BCUT2D eigenvalue weighted by molar-refractivity contribution is 0.0792. The Labute approximate surface area is 158 Å². The van der Waals surface area contributed by atoms with Gasteiger partial charge in [-0.15, -0.1) is 0 Å². The molecule has 0 aliphatic carbocycles. The molecule has 8 nitrogen and oxygen atoms in total. The van der Waals surface area contributed by atoms with Crippen LogP contribution in [0, 0.1) is 6.92 Å². The van der Waals surface area contributed by atoms with Crippen molar-refractivity contribution in [3.8, 4) is 0 Å². The van der Waals surface area contributed by atoms with Gasteiger partial charge in [0.2, 0.25) is 0 Å². The molecule has 27 heavy (non-hydrogen) atoms. The van der Waals surface area contributed by atoms with Crippen molar-refractivity contribution in [3.63, 3.8) is 0 Å². The summed E-state index contributed by atoms with van der Waals surface area (Å²) in [6, 6.07) is 6.93. The molecule has 1 aliphatic rings. The normalized spacial score (nSPS) is 16.3. The molecule has 1 aliphatic heterocycles. The van der Waals surface area contributed by atoms with Crippen molar-refractivity contribution in [2.24, 2.45) is 0 Å². The zero-order valence-corrected chi connectivity index (χ0v) is 15.5. The Hall–Kier alpha value is -2.74. The molecule has 3 rings (SSSR count). The molecular formula is C19H25N5O3. The first-order chi connectivity index (χ1) is 13.1. The van der Waals surface area contributed by atoms with Crippen LogP contribution in [0.25, 0.3) is 0 Å². The van der Waals surface area contributed by atoms with E-state index in [-0.39, 0.29) is 17.7 Å². The molecule has 0 unspecified atom stereocenters. The molecular weight excluding hydrogens is 346 g/mol. The number of ether oxygens (including phenoxy) is 1. The number of nitrogens with zero attached hydrogens (tertiary/aromatic N) is 3. The van der Waals surface area contributed by atoms with Crippen LogP contribution in [0.15, 0.2) is 35.3 Å². The highest BCUT2D eigenvalue weighted by atomic mass is 16.5. The second kappa shape index (κ2) is 9.27. The zero-order chi connectivity index (χ0) is 19.1. The Balaban J connectivity index is 1.58. The number of urea groups is 1. The van der Waals surface area contributed by atoms with Crippen LogP contribution in [0.3, 0.4) is 0 Å². The molecule has 0 bridgehead atoms. The summed E-state index contributed by atoms with van der Waals surface area (Å²) in [6.45, 7) is 3.85. The molecule has 2 N–H and O–H groups in total. The van der Waals surface area contributed by atoms with Gasteiger partial charge in [-0.3, -0.25) is 9.78 Å². The van der Waals surface area contributed by atoms with Gasteiger partial charge in [-0.1, -0.05) is 6.07 Å². The standard InChI is InChI=1S/C19H25N5O3/c1-14-11-18(25)23-17(22-14)7-9-21-19(26)24(13-16-6-4-10-27-16)12-15-5-2-3-8-20-15/h2-3,5,8,11,16H,4,6-7,9-10,12-13H2,1H3,(H,21,26)(H,22,23,25)/t16-/m1/s1. The summed E-state index contributed by atoms with van der Waals surface area (Å²) in [5, 5.41) is 2.91. The maximum absolute atomic E-state index is 12.7. The Kier molecular flexibility index (Phi) is 6.54. The van der Waals surface area contributed by atoms with Gasteiger partial charge in [0.1, 0.15) is 5.82 Å². The van der Waals surface area contributed by atoms with E-state index < -0.39 is 0 Å². The van der Waals surface area contributed by atoms with Gasteiger partial charge in [0, 0.05) is 44.1 Å². The van der Waals surface area contributed by atoms with Crippen LogP contribution in [-0.2, 0) is 17.7 Å². The second-order valence-electron chi connectivity index (χ2n) is 6.65. The van der Waals surface area contributed by atoms with E-state index in [9.17, 15) is 9.59 Å². The van der Waals surface area contributed by atoms with Crippen LogP contribution in [-0.4, -0.2) is 51.7 Å². The summed E-state index contributed by atoms with van der Waals surface area (Å²) in [5.41, 5.74) is 1.31. The molecule has 3 heterocycles. The van der Waals surface area contributed by atoms with E-state index >= 15 is 0 Å². The fourth-order valence-corrected chi connectivity index (χ4v) is 3.10. The fourth-order valence-electron chi connectivity index (χ4n) is 3.10. The predicted octanol–water partition coefficient (Wildman–Crippen LogP) is 1.41. The number of pyridine rings is 1. The smallest absolute Gasteiger partial charge is 0.317 e. The molecule has 2 amide bonds. The van der Waals surface area contributed by atoms with Crippen LogP contribution in [0.1, 0.15) is 30.1 Å². The van der Waals surface area contributed by atoms with Crippen molar-refractivity contribution in [3.05, 3.63) is 58.0 Å². The van der Waals surface area contributed by atoms with Crippen LogP contribution >= 0.6 is 0 Å². The minimum absolute atomic E-state index is 0.0641.